The summed E-state index contributed by atoms with van der Waals surface area (Å²) in [6, 6.07) is 0.778. The minimum absolute atomic E-state index is 0.487. The Balaban J connectivity index is 1.97. The van der Waals surface area contributed by atoms with E-state index in [0.29, 0.717) is 0 Å². The minimum Gasteiger partial charge on any atom is -0.389 e. The molecule has 0 amide bonds. The van der Waals surface area contributed by atoms with E-state index in [9.17, 15) is 5.11 Å². The summed E-state index contributed by atoms with van der Waals surface area (Å²) in [6.45, 7) is 6.16. The number of piperidine rings is 1. The number of hydrogen-bond donors (Lipinski definition) is 1. The molecule has 2 fully saturated rings. The van der Waals surface area contributed by atoms with Crippen LogP contribution in [0.25, 0.3) is 0 Å². The average Bonchev–Trinajstić information content (AvgIpc) is 2.29. The highest BCUT2D eigenvalue weighted by Gasteiger charge is 2.35. The maximum Gasteiger partial charge on any atom is 0.0743 e. The van der Waals surface area contributed by atoms with Gasteiger partial charge in [0.15, 0.2) is 0 Å². The summed E-state index contributed by atoms with van der Waals surface area (Å²) in [6.07, 6.45) is 9.24. The Bertz CT molecular complexity index is 225. The molecule has 0 radical (unpaired) electrons. The van der Waals surface area contributed by atoms with Crippen LogP contribution in [0.3, 0.4) is 0 Å². The van der Waals surface area contributed by atoms with E-state index in [1.807, 2.05) is 6.92 Å². The maximum absolute atomic E-state index is 10.2. The Morgan fingerprint density at radius 2 is 1.88 bits per heavy atom. The van der Waals surface area contributed by atoms with Crippen molar-refractivity contribution in [3.8, 4) is 0 Å². The van der Waals surface area contributed by atoms with Crippen LogP contribution in [-0.2, 0) is 0 Å². The van der Waals surface area contributed by atoms with E-state index >= 15 is 0 Å². The van der Waals surface area contributed by atoms with Gasteiger partial charge in [0, 0.05) is 12.6 Å². The second kappa shape index (κ2) is 5.05. The molecule has 94 valence electrons. The van der Waals surface area contributed by atoms with E-state index in [2.05, 4.69) is 11.8 Å². The zero-order chi connectivity index (χ0) is 11.6. The monoisotopic (exact) mass is 225 g/mol. The molecule has 0 bridgehead atoms. The number of hydrogen-bond acceptors (Lipinski definition) is 2. The molecule has 0 aromatic rings. The first-order valence-electron chi connectivity index (χ1n) is 7.09. The summed E-state index contributed by atoms with van der Waals surface area (Å²) < 4.78 is 0. The van der Waals surface area contributed by atoms with Gasteiger partial charge in [-0.15, -0.1) is 0 Å². The standard InChI is InChI=1S/C14H27NO/c1-3-14(2,16)11-15-10-6-8-12-7-4-5-9-13(12)15/h12-13,16H,3-11H2,1-2H3/t12-,13-,14?/m1/s1. The number of nitrogens with zero attached hydrogens (tertiary/aromatic N) is 1. The van der Waals surface area contributed by atoms with Crippen LogP contribution in [0.4, 0.5) is 0 Å². The van der Waals surface area contributed by atoms with Crippen molar-refractivity contribution in [3.63, 3.8) is 0 Å². The van der Waals surface area contributed by atoms with E-state index in [0.717, 1.165) is 24.9 Å². The topological polar surface area (TPSA) is 23.5 Å². The zero-order valence-electron chi connectivity index (χ0n) is 10.9. The lowest BCUT2D eigenvalue weighted by molar-refractivity contribution is -0.0286. The van der Waals surface area contributed by atoms with Crippen molar-refractivity contribution in [2.45, 2.75) is 70.4 Å². The highest BCUT2D eigenvalue weighted by Crippen LogP contribution is 2.35. The predicted octanol–water partition coefficient (Wildman–Crippen LogP) is 2.80. The fourth-order valence-electron chi connectivity index (χ4n) is 3.47. The second-order valence-corrected chi connectivity index (χ2v) is 6.08. The van der Waals surface area contributed by atoms with Gasteiger partial charge in [-0.2, -0.15) is 0 Å². The molecule has 1 aliphatic carbocycles. The Kier molecular flexibility index (Phi) is 3.91. The van der Waals surface area contributed by atoms with Gasteiger partial charge < -0.3 is 5.11 Å². The summed E-state index contributed by atoms with van der Waals surface area (Å²) in [7, 11) is 0. The number of likely N-dealkylation sites (tertiary alicyclic amines) is 1. The Hall–Kier alpha value is -0.0800. The van der Waals surface area contributed by atoms with Crippen LogP contribution < -0.4 is 0 Å². The molecule has 3 atom stereocenters. The van der Waals surface area contributed by atoms with Gasteiger partial charge in [-0.05, 0) is 51.5 Å². The number of fused-ring (bicyclic) bond motifs is 1. The molecule has 2 nitrogen and oxygen atoms in total. The molecule has 2 rings (SSSR count). The minimum atomic E-state index is -0.487. The Morgan fingerprint density at radius 3 is 2.62 bits per heavy atom. The van der Waals surface area contributed by atoms with Crippen LogP contribution in [0.1, 0.15) is 58.8 Å². The van der Waals surface area contributed by atoms with E-state index < -0.39 is 5.60 Å². The normalized spacial score (nSPS) is 35.4. The van der Waals surface area contributed by atoms with Gasteiger partial charge in [-0.25, -0.2) is 0 Å². The first-order valence-corrected chi connectivity index (χ1v) is 7.09. The van der Waals surface area contributed by atoms with Crippen molar-refractivity contribution < 1.29 is 5.11 Å². The predicted molar refractivity (Wildman–Crippen MR) is 67.5 cm³/mol. The van der Waals surface area contributed by atoms with E-state index in [1.165, 1.54) is 45.1 Å². The lowest BCUT2D eigenvalue weighted by Crippen LogP contribution is -2.52. The van der Waals surface area contributed by atoms with Crippen LogP contribution in [0.15, 0.2) is 0 Å². The van der Waals surface area contributed by atoms with Crippen LogP contribution in [0, 0.1) is 5.92 Å². The molecule has 1 heterocycles. The molecule has 2 heteroatoms. The van der Waals surface area contributed by atoms with Gasteiger partial charge in [0.25, 0.3) is 0 Å². The largest absolute Gasteiger partial charge is 0.389 e. The summed E-state index contributed by atoms with van der Waals surface area (Å²) in [5.41, 5.74) is -0.487. The summed E-state index contributed by atoms with van der Waals surface area (Å²) in [4.78, 5) is 2.58. The molecule has 1 unspecified atom stereocenters. The van der Waals surface area contributed by atoms with Crippen molar-refractivity contribution in [3.05, 3.63) is 0 Å². The molecule has 16 heavy (non-hydrogen) atoms. The first kappa shape index (κ1) is 12.4. The third kappa shape index (κ3) is 2.78. The molecule has 1 N–H and O–H groups in total. The Labute approximate surface area is 100 Å². The third-order valence-corrected chi connectivity index (χ3v) is 4.66. The SMILES string of the molecule is CCC(C)(O)CN1CCC[C@H]2CCCC[C@H]21. The number of β-amino-alcohol motifs (C(OH)–C–C–N with tert-alkyl or cyclic N) is 1. The maximum atomic E-state index is 10.2. The summed E-state index contributed by atoms with van der Waals surface area (Å²) in [5, 5.41) is 10.2. The van der Waals surface area contributed by atoms with Crippen molar-refractivity contribution in [2.75, 3.05) is 13.1 Å². The smallest absolute Gasteiger partial charge is 0.0743 e. The van der Waals surface area contributed by atoms with Crippen LogP contribution >= 0.6 is 0 Å². The molecule has 0 spiro atoms. The molecular formula is C14H27NO. The van der Waals surface area contributed by atoms with Gasteiger partial charge in [0.05, 0.1) is 5.60 Å². The van der Waals surface area contributed by atoms with Crippen molar-refractivity contribution >= 4 is 0 Å². The van der Waals surface area contributed by atoms with E-state index in [4.69, 9.17) is 0 Å². The second-order valence-electron chi connectivity index (χ2n) is 6.08. The molecule has 0 aromatic carbocycles. The first-order chi connectivity index (χ1) is 7.62. The van der Waals surface area contributed by atoms with Crippen LogP contribution in [-0.4, -0.2) is 34.7 Å². The zero-order valence-corrected chi connectivity index (χ0v) is 10.9. The highest BCUT2D eigenvalue weighted by atomic mass is 16.3. The van der Waals surface area contributed by atoms with Gasteiger partial charge in [0.1, 0.15) is 0 Å². The van der Waals surface area contributed by atoms with Crippen molar-refractivity contribution in [2.24, 2.45) is 5.92 Å². The number of rotatable bonds is 3. The van der Waals surface area contributed by atoms with Gasteiger partial charge in [0.2, 0.25) is 0 Å². The fourth-order valence-corrected chi connectivity index (χ4v) is 3.47. The molecular weight excluding hydrogens is 198 g/mol. The molecule has 0 aromatic heterocycles. The number of aliphatic hydroxyl groups is 1. The van der Waals surface area contributed by atoms with Gasteiger partial charge in [-0.3, -0.25) is 4.90 Å². The van der Waals surface area contributed by atoms with Crippen LogP contribution in [0.5, 0.6) is 0 Å². The van der Waals surface area contributed by atoms with E-state index in [-0.39, 0.29) is 0 Å². The summed E-state index contributed by atoms with van der Waals surface area (Å²) in [5.74, 6) is 0.926. The molecule has 1 saturated heterocycles. The Morgan fingerprint density at radius 1 is 1.19 bits per heavy atom. The highest BCUT2D eigenvalue weighted by molar-refractivity contribution is 4.90. The lowest BCUT2D eigenvalue weighted by atomic mass is 9.78. The van der Waals surface area contributed by atoms with Crippen molar-refractivity contribution in [1.29, 1.82) is 0 Å². The quantitative estimate of drug-likeness (QED) is 0.798. The van der Waals surface area contributed by atoms with Crippen molar-refractivity contribution in [1.82, 2.24) is 4.90 Å². The molecule has 2 aliphatic rings. The van der Waals surface area contributed by atoms with Crippen LogP contribution in [0.2, 0.25) is 0 Å². The molecule has 1 saturated carbocycles. The van der Waals surface area contributed by atoms with Gasteiger partial charge in [-0.1, -0.05) is 19.8 Å². The lowest BCUT2D eigenvalue weighted by Gasteiger charge is -2.46. The van der Waals surface area contributed by atoms with Gasteiger partial charge >= 0.3 is 0 Å². The summed E-state index contributed by atoms with van der Waals surface area (Å²) >= 11 is 0. The fraction of sp³-hybridized carbons (Fsp3) is 1.00. The molecule has 1 aliphatic heterocycles. The third-order valence-electron chi connectivity index (χ3n) is 4.66. The van der Waals surface area contributed by atoms with E-state index in [1.54, 1.807) is 0 Å². The average molecular weight is 225 g/mol.